The van der Waals surface area contributed by atoms with Gasteiger partial charge in [0, 0.05) is 12.0 Å². The van der Waals surface area contributed by atoms with Crippen LogP contribution in [0.15, 0.2) is 54.6 Å². The second kappa shape index (κ2) is 6.10. The van der Waals surface area contributed by atoms with Crippen molar-refractivity contribution in [2.45, 2.75) is 19.3 Å². The predicted octanol–water partition coefficient (Wildman–Crippen LogP) is 4.03. The van der Waals surface area contributed by atoms with E-state index in [1.54, 1.807) is 12.1 Å². The van der Waals surface area contributed by atoms with Crippen molar-refractivity contribution >= 4 is 5.78 Å². The Morgan fingerprint density at radius 2 is 1.61 bits per heavy atom. The molecule has 0 aliphatic rings. The summed E-state index contributed by atoms with van der Waals surface area (Å²) in [6.07, 6.45) is 2.12. The van der Waals surface area contributed by atoms with Gasteiger partial charge in [0.25, 0.3) is 0 Å². The van der Waals surface area contributed by atoms with Crippen LogP contribution in [0.5, 0.6) is 0 Å². The summed E-state index contributed by atoms with van der Waals surface area (Å²) in [5, 5.41) is 0. The van der Waals surface area contributed by atoms with Crippen molar-refractivity contribution in [3.8, 4) is 0 Å². The van der Waals surface area contributed by atoms with E-state index < -0.39 is 0 Å². The van der Waals surface area contributed by atoms with E-state index in [4.69, 9.17) is 0 Å². The second-order valence-electron chi connectivity index (χ2n) is 4.27. The van der Waals surface area contributed by atoms with Crippen LogP contribution < -0.4 is 0 Å². The maximum atomic E-state index is 12.7. The Bertz CT molecular complexity index is 502. The molecule has 92 valence electrons. The fourth-order valence-electron chi connectivity index (χ4n) is 1.87. The van der Waals surface area contributed by atoms with Gasteiger partial charge in [0.05, 0.1) is 0 Å². The van der Waals surface area contributed by atoms with Gasteiger partial charge in [-0.2, -0.15) is 0 Å². The first kappa shape index (κ1) is 12.5. The molecular formula is C16H15FO. The predicted molar refractivity (Wildman–Crippen MR) is 70.1 cm³/mol. The molecule has 0 unspecified atom stereocenters. The molecule has 0 aliphatic heterocycles. The highest BCUT2D eigenvalue weighted by molar-refractivity contribution is 5.95. The molecule has 1 nitrogen and oxygen atoms in total. The third kappa shape index (κ3) is 3.52. The Morgan fingerprint density at radius 1 is 0.944 bits per heavy atom. The van der Waals surface area contributed by atoms with E-state index in [1.807, 2.05) is 30.3 Å². The van der Waals surface area contributed by atoms with Crippen LogP contribution in [-0.2, 0) is 6.42 Å². The first-order valence-electron chi connectivity index (χ1n) is 6.08. The van der Waals surface area contributed by atoms with E-state index in [0.29, 0.717) is 6.42 Å². The largest absolute Gasteiger partial charge is 0.294 e. The average molecular weight is 242 g/mol. The summed E-state index contributed by atoms with van der Waals surface area (Å²) < 4.78 is 12.7. The first-order chi connectivity index (χ1) is 8.75. The lowest BCUT2D eigenvalue weighted by Gasteiger charge is -2.02. The number of hydrogen-bond donors (Lipinski definition) is 0. The molecule has 0 atom stereocenters. The number of halogens is 1. The fourth-order valence-corrected chi connectivity index (χ4v) is 1.87. The van der Waals surface area contributed by atoms with Crippen molar-refractivity contribution in [3.05, 3.63) is 71.5 Å². The van der Waals surface area contributed by atoms with E-state index in [2.05, 4.69) is 0 Å². The average Bonchev–Trinajstić information content (AvgIpc) is 2.42. The minimum atomic E-state index is -0.223. The highest BCUT2D eigenvalue weighted by Gasteiger charge is 2.04. The van der Waals surface area contributed by atoms with Crippen molar-refractivity contribution < 1.29 is 9.18 Å². The SMILES string of the molecule is O=C(CCCc1ccc(F)cc1)c1ccccc1. The lowest BCUT2D eigenvalue weighted by molar-refractivity contribution is 0.0980. The number of carbonyl (C=O) groups excluding carboxylic acids is 1. The maximum Gasteiger partial charge on any atom is 0.162 e. The number of aryl methyl sites for hydroxylation is 1. The Balaban J connectivity index is 1.82. The summed E-state index contributed by atoms with van der Waals surface area (Å²) in [6, 6.07) is 15.7. The van der Waals surface area contributed by atoms with E-state index in [-0.39, 0.29) is 11.6 Å². The van der Waals surface area contributed by atoms with Crippen molar-refractivity contribution in [1.29, 1.82) is 0 Å². The quantitative estimate of drug-likeness (QED) is 0.723. The van der Waals surface area contributed by atoms with Gasteiger partial charge in [0.1, 0.15) is 5.82 Å². The zero-order chi connectivity index (χ0) is 12.8. The van der Waals surface area contributed by atoms with Gasteiger partial charge in [-0.15, -0.1) is 0 Å². The van der Waals surface area contributed by atoms with E-state index in [0.717, 1.165) is 24.0 Å². The molecule has 18 heavy (non-hydrogen) atoms. The van der Waals surface area contributed by atoms with Gasteiger partial charge in [-0.3, -0.25) is 4.79 Å². The molecule has 0 bridgehead atoms. The molecule has 0 saturated heterocycles. The first-order valence-corrected chi connectivity index (χ1v) is 6.08. The standard InChI is InChI=1S/C16H15FO/c17-15-11-9-13(10-12-15)5-4-8-16(18)14-6-2-1-3-7-14/h1-3,6-7,9-12H,4-5,8H2. The lowest BCUT2D eigenvalue weighted by Crippen LogP contribution is -1.99. The topological polar surface area (TPSA) is 17.1 Å². The minimum absolute atomic E-state index is 0.165. The molecule has 0 spiro atoms. The molecule has 2 aromatic carbocycles. The smallest absolute Gasteiger partial charge is 0.162 e. The van der Waals surface area contributed by atoms with Gasteiger partial charge in [-0.05, 0) is 30.5 Å². The summed E-state index contributed by atoms with van der Waals surface area (Å²) in [6.45, 7) is 0. The number of Topliss-reactive ketones (excluding diaryl/α,β-unsaturated/α-hetero) is 1. The normalized spacial score (nSPS) is 10.3. The lowest BCUT2D eigenvalue weighted by atomic mass is 10.0. The summed E-state index contributed by atoms with van der Waals surface area (Å²) in [4.78, 5) is 11.8. The van der Waals surface area contributed by atoms with E-state index in [9.17, 15) is 9.18 Å². The molecule has 0 aromatic heterocycles. The number of ketones is 1. The molecular weight excluding hydrogens is 227 g/mol. The number of rotatable bonds is 5. The molecule has 0 N–H and O–H groups in total. The minimum Gasteiger partial charge on any atom is -0.294 e. The number of benzene rings is 2. The third-order valence-electron chi connectivity index (χ3n) is 2.88. The molecule has 2 aromatic rings. The van der Waals surface area contributed by atoms with E-state index in [1.165, 1.54) is 12.1 Å². The summed E-state index contributed by atoms with van der Waals surface area (Å²) >= 11 is 0. The third-order valence-corrected chi connectivity index (χ3v) is 2.88. The van der Waals surface area contributed by atoms with Crippen molar-refractivity contribution in [2.75, 3.05) is 0 Å². The number of hydrogen-bond acceptors (Lipinski definition) is 1. The Hall–Kier alpha value is -1.96. The van der Waals surface area contributed by atoms with Crippen LogP contribution in [-0.4, -0.2) is 5.78 Å². The summed E-state index contributed by atoms with van der Waals surface area (Å²) in [5.41, 5.74) is 1.83. The number of carbonyl (C=O) groups is 1. The molecule has 0 radical (unpaired) electrons. The van der Waals surface area contributed by atoms with Crippen molar-refractivity contribution in [2.24, 2.45) is 0 Å². The molecule has 0 heterocycles. The summed E-state index contributed by atoms with van der Waals surface area (Å²) in [7, 11) is 0. The Kier molecular flexibility index (Phi) is 4.24. The highest BCUT2D eigenvalue weighted by atomic mass is 19.1. The molecule has 2 rings (SSSR count). The molecule has 0 saturated carbocycles. The summed E-state index contributed by atoms with van der Waals surface area (Å²) in [5.74, 6) is -0.0585. The fraction of sp³-hybridized carbons (Fsp3) is 0.188. The van der Waals surface area contributed by atoms with Gasteiger partial charge in [0.2, 0.25) is 0 Å². The maximum absolute atomic E-state index is 12.7. The molecule has 2 heteroatoms. The second-order valence-corrected chi connectivity index (χ2v) is 4.27. The van der Waals surface area contributed by atoms with Crippen LogP contribution in [0.4, 0.5) is 4.39 Å². The van der Waals surface area contributed by atoms with Gasteiger partial charge >= 0.3 is 0 Å². The zero-order valence-electron chi connectivity index (χ0n) is 10.1. The van der Waals surface area contributed by atoms with Crippen molar-refractivity contribution in [1.82, 2.24) is 0 Å². The molecule has 0 amide bonds. The zero-order valence-corrected chi connectivity index (χ0v) is 10.1. The van der Waals surface area contributed by atoms with Crippen LogP contribution in [0.3, 0.4) is 0 Å². The van der Waals surface area contributed by atoms with Gasteiger partial charge < -0.3 is 0 Å². The van der Waals surface area contributed by atoms with Crippen LogP contribution in [0.2, 0.25) is 0 Å². The van der Waals surface area contributed by atoms with Crippen LogP contribution in [0, 0.1) is 5.82 Å². The Labute approximate surface area is 106 Å². The monoisotopic (exact) mass is 242 g/mol. The van der Waals surface area contributed by atoms with Crippen LogP contribution in [0.1, 0.15) is 28.8 Å². The van der Waals surface area contributed by atoms with E-state index >= 15 is 0 Å². The van der Waals surface area contributed by atoms with Crippen LogP contribution >= 0.6 is 0 Å². The van der Waals surface area contributed by atoms with Crippen molar-refractivity contribution in [3.63, 3.8) is 0 Å². The Morgan fingerprint density at radius 3 is 2.28 bits per heavy atom. The van der Waals surface area contributed by atoms with Gasteiger partial charge in [0.15, 0.2) is 5.78 Å². The van der Waals surface area contributed by atoms with Gasteiger partial charge in [-0.1, -0.05) is 42.5 Å². The molecule has 0 aliphatic carbocycles. The van der Waals surface area contributed by atoms with Gasteiger partial charge in [-0.25, -0.2) is 4.39 Å². The van der Waals surface area contributed by atoms with Crippen LogP contribution in [0.25, 0.3) is 0 Å². The molecule has 0 fully saturated rings. The highest BCUT2D eigenvalue weighted by Crippen LogP contribution is 2.10.